The molecule has 0 spiro atoms. The van der Waals surface area contributed by atoms with Gasteiger partial charge in [0.1, 0.15) is 0 Å². The van der Waals surface area contributed by atoms with Crippen LogP contribution >= 0.6 is 0 Å². The minimum absolute atomic E-state index is 1.21. The highest BCUT2D eigenvalue weighted by atomic mass is 14.2. The van der Waals surface area contributed by atoms with Crippen LogP contribution < -0.4 is 0 Å². The monoisotopic (exact) mass is 658 g/mol. The summed E-state index contributed by atoms with van der Waals surface area (Å²) in [6.07, 6.45) is 0. The van der Waals surface area contributed by atoms with Crippen LogP contribution in [0.4, 0.5) is 0 Å². The molecule has 0 bridgehead atoms. The van der Waals surface area contributed by atoms with Gasteiger partial charge in [0.05, 0.1) is 0 Å². The van der Waals surface area contributed by atoms with Crippen LogP contribution in [0.5, 0.6) is 0 Å². The van der Waals surface area contributed by atoms with Gasteiger partial charge in [-0.05, 0) is 105 Å². The molecule has 0 saturated carbocycles. The summed E-state index contributed by atoms with van der Waals surface area (Å²) in [7, 11) is 0. The predicted octanol–water partition coefficient (Wildman–Crippen LogP) is 14.6. The first-order chi connectivity index (χ1) is 25.8. The molecule has 0 fully saturated rings. The van der Waals surface area contributed by atoms with Gasteiger partial charge in [-0.2, -0.15) is 0 Å². The zero-order chi connectivity index (χ0) is 34.4. The third kappa shape index (κ3) is 5.00. The highest BCUT2D eigenvalue weighted by molar-refractivity contribution is 6.22. The Balaban J connectivity index is 1.15. The maximum absolute atomic E-state index is 2.34. The first-order valence-corrected chi connectivity index (χ1v) is 18.0. The summed E-state index contributed by atoms with van der Waals surface area (Å²) in [5.41, 5.74) is 12.4. The van der Waals surface area contributed by atoms with Crippen molar-refractivity contribution in [2.75, 3.05) is 0 Å². The summed E-state index contributed by atoms with van der Waals surface area (Å²) in [5, 5.41) is 10.1. The van der Waals surface area contributed by atoms with Gasteiger partial charge in [0.15, 0.2) is 0 Å². The van der Waals surface area contributed by atoms with E-state index < -0.39 is 0 Å². The molecule has 0 saturated heterocycles. The molecule has 0 aromatic heterocycles. The average Bonchev–Trinajstić information content (AvgIpc) is 3.22. The Morgan fingerprint density at radius 2 is 0.635 bits per heavy atom. The van der Waals surface area contributed by atoms with E-state index in [9.17, 15) is 0 Å². The Morgan fingerprint density at radius 1 is 0.212 bits per heavy atom. The molecule has 0 atom stereocenters. The summed E-state index contributed by atoms with van der Waals surface area (Å²) in [6.45, 7) is 0. The Labute approximate surface area is 303 Å². The molecule has 0 aliphatic heterocycles. The van der Waals surface area contributed by atoms with Crippen molar-refractivity contribution in [3.8, 4) is 55.6 Å². The first kappa shape index (κ1) is 30.1. The summed E-state index contributed by atoms with van der Waals surface area (Å²) in [4.78, 5) is 0. The van der Waals surface area contributed by atoms with Crippen LogP contribution in [0.2, 0.25) is 0 Å². The second-order valence-electron chi connectivity index (χ2n) is 13.6. The molecule has 0 nitrogen and oxygen atoms in total. The Morgan fingerprint density at radius 3 is 1.25 bits per heavy atom. The van der Waals surface area contributed by atoms with Gasteiger partial charge in [0, 0.05) is 0 Å². The molecule has 0 heterocycles. The number of hydrogen-bond acceptors (Lipinski definition) is 0. The number of rotatable bonds is 5. The number of fused-ring (bicyclic) bond motifs is 4. The largest absolute Gasteiger partial charge is 0.0622 e. The van der Waals surface area contributed by atoms with Crippen LogP contribution in [0, 0.1) is 0 Å². The maximum Gasteiger partial charge on any atom is -0.00206 e. The van der Waals surface area contributed by atoms with E-state index in [4.69, 9.17) is 0 Å². The van der Waals surface area contributed by atoms with E-state index >= 15 is 0 Å². The molecule has 0 aliphatic rings. The van der Waals surface area contributed by atoms with Gasteiger partial charge in [0.2, 0.25) is 0 Å². The van der Waals surface area contributed by atoms with Crippen LogP contribution in [-0.4, -0.2) is 0 Å². The van der Waals surface area contributed by atoms with Crippen molar-refractivity contribution in [3.05, 3.63) is 206 Å². The van der Waals surface area contributed by atoms with Gasteiger partial charge in [0.25, 0.3) is 0 Å². The molecular formula is C52H34. The van der Waals surface area contributed by atoms with Gasteiger partial charge >= 0.3 is 0 Å². The van der Waals surface area contributed by atoms with Crippen molar-refractivity contribution in [1.29, 1.82) is 0 Å². The van der Waals surface area contributed by atoms with E-state index in [0.717, 1.165) is 0 Å². The Hall–Kier alpha value is -6.76. The van der Waals surface area contributed by atoms with Crippen molar-refractivity contribution in [2.45, 2.75) is 0 Å². The number of hydrogen-bond donors (Lipinski definition) is 0. The zero-order valence-electron chi connectivity index (χ0n) is 28.6. The molecule has 0 heteroatoms. The summed E-state index contributed by atoms with van der Waals surface area (Å²) in [6, 6.07) is 75.5. The minimum atomic E-state index is 1.21. The van der Waals surface area contributed by atoms with E-state index in [1.54, 1.807) is 0 Å². The molecular weight excluding hydrogens is 625 g/mol. The molecule has 0 aliphatic carbocycles. The lowest BCUT2D eigenvalue weighted by Gasteiger charge is -2.19. The molecule has 0 unspecified atom stereocenters. The topological polar surface area (TPSA) is 0 Å². The molecule has 10 aromatic carbocycles. The lowest BCUT2D eigenvalue weighted by atomic mass is 9.85. The smallest absolute Gasteiger partial charge is 0.00206 e. The molecule has 10 rings (SSSR count). The Bertz CT molecular complexity index is 2820. The van der Waals surface area contributed by atoms with Crippen molar-refractivity contribution in [3.63, 3.8) is 0 Å². The van der Waals surface area contributed by atoms with Crippen molar-refractivity contribution < 1.29 is 0 Å². The van der Waals surface area contributed by atoms with Gasteiger partial charge in [-0.15, -0.1) is 0 Å². The molecule has 0 radical (unpaired) electrons. The van der Waals surface area contributed by atoms with E-state index in [-0.39, 0.29) is 0 Å². The first-order valence-electron chi connectivity index (χ1n) is 18.0. The third-order valence-corrected chi connectivity index (χ3v) is 10.7. The van der Waals surface area contributed by atoms with Gasteiger partial charge in [-0.1, -0.05) is 200 Å². The third-order valence-electron chi connectivity index (χ3n) is 10.7. The predicted molar refractivity (Wildman–Crippen MR) is 224 cm³/mol. The van der Waals surface area contributed by atoms with Crippen LogP contribution in [0.25, 0.3) is 98.7 Å². The lowest BCUT2D eigenvalue weighted by molar-refractivity contribution is 1.60. The van der Waals surface area contributed by atoms with E-state index in [1.165, 1.54) is 98.7 Å². The fraction of sp³-hybridized carbons (Fsp3) is 0. The molecule has 10 aromatic rings. The van der Waals surface area contributed by atoms with Crippen molar-refractivity contribution in [2.24, 2.45) is 0 Å². The minimum Gasteiger partial charge on any atom is -0.0622 e. The van der Waals surface area contributed by atoms with E-state index in [2.05, 4.69) is 206 Å². The van der Waals surface area contributed by atoms with Gasteiger partial charge in [-0.3, -0.25) is 0 Å². The normalized spacial score (nSPS) is 11.5. The van der Waals surface area contributed by atoms with Crippen LogP contribution in [0.3, 0.4) is 0 Å². The molecule has 0 N–H and O–H groups in total. The zero-order valence-corrected chi connectivity index (χ0v) is 28.6. The highest BCUT2D eigenvalue weighted by Gasteiger charge is 2.18. The highest BCUT2D eigenvalue weighted by Crippen LogP contribution is 2.45. The second-order valence-corrected chi connectivity index (χ2v) is 13.6. The Kier molecular flexibility index (Phi) is 7.25. The van der Waals surface area contributed by atoms with Crippen molar-refractivity contribution >= 4 is 43.1 Å². The van der Waals surface area contributed by atoms with E-state index in [0.29, 0.717) is 0 Å². The summed E-state index contributed by atoms with van der Waals surface area (Å²) >= 11 is 0. The SMILES string of the molecule is c1ccc(-c2cccc3c(-c4ccc(-c5c6ccccc6c(-c6ccc7ccccc7c6)c6ccccc56)cc4)ccc(-c4ccccc4)c23)cc1. The van der Waals surface area contributed by atoms with Gasteiger partial charge in [-0.25, -0.2) is 0 Å². The fourth-order valence-electron chi connectivity index (χ4n) is 8.29. The molecule has 52 heavy (non-hydrogen) atoms. The summed E-state index contributed by atoms with van der Waals surface area (Å²) < 4.78 is 0. The van der Waals surface area contributed by atoms with Crippen LogP contribution in [-0.2, 0) is 0 Å². The summed E-state index contributed by atoms with van der Waals surface area (Å²) in [5.74, 6) is 0. The van der Waals surface area contributed by atoms with E-state index in [1.807, 2.05) is 0 Å². The fourth-order valence-corrected chi connectivity index (χ4v) is 8.29. The van der Waals surface area contributed by atoms with Crippen LogP contribution in [0.15, 0.2) is 206 Å². The quantitative estimate of drug-likeness (QED) is 0.161. The number of benzene rings is 10. The standard InChI is InChI=1S/C52H34/c1-3-15-36(16-4-1)43-24-13-25-45-42(32-33-44(52(43)45)37-17-5-2-6-18-37)38-27-29-39(30-28-38)50-46-20-9-11-22-48(46)51(49-23-12-10-21-47(49)50)41-31-26-35-14-7-8-19-40(35)34-41/h1-34H. The molecule has 0 amide bonds. The van der Waals surface area contributed by atoms with Crippen molar-refractivity contribution in [1.82, 2.24) is 0 Å². The second kappa shape index (κ2) is 12.5. The lowest BCUT2D eigenvalue weighted by Crippen LogP contribution is -1.92. The van der Waals surface area contributed by atoms with Crippen LogP contribution in [0.1, 0.15) is 0 Å². The average molecular weight is 659 g/mol. The maximum atomic E-state index is 2.34. The van der Waals surface area contributed by atoms with Gasteiger partial charge < -0.3 is 0 Å². The molecule has 242 valence electrons.